The standard InChI is InChI=1S/C15H18F3NO2/c1-3-6-10-12(20-9-4-2)8-5-7-11-13(10)21-19-14(11)15(16,17)18/h5,8H,3-4,6-7,9H2,1-2H3. The maximum absolute atomic E-state index is 13.0. The van der Waals surface area contributed by atoms with Crippen LogP contribution in [-0.4, -0.2) is 11.8 Å². The van der Waals surface area contributed by atoms with Crippen molar-refractivity contribution >= 4 is 5.57 Å². The number of aromatic nitrogens is 1. The molecule has 0 aromatic carbocycles. The summed E-state index contributed by atoms with van der Waals surface area (Å²) in [6, 6.07) is 0. The molecule has 1 aromatic rings. The van der Waals surface area contributed by atoms with Crippen molar-refractivity contribution in [3.8, 4) is 0 Å². The molecule has 0 saturated carbocycles. The number of allylic oxidation sites excluding steroid dienone is 3. The Balaban J connectivity index is 2.50. The minimum absolute atomic E-state index is 0.0947. The molecule has 0 fully saturated rings. The number of fused-ring (bicyclic) bond motifs is 1. The van der Waals surface area contributed by atoms with Gasteiger partial charge >= 0.3 is 6.18 Å². The molecule has 6 heteroatoms. The summed E-state index contributed by atoms with van der Waals surface area (Å²) in [7, 11) is 0. The highest BCUT2D eigenvalue weighted by molar-refractivity contribution is 5.70. The number of nitrogens with zero attached hydrogens (tertiary/aromatic N) is 1. The molecule has 116 valence electrons. The van der Waals surface area contributed by atoms with E-state index in [1.165, 1.54) is 0 Å². The van der Waals surface area contributed by atoms with Gasteiger partial charge in [0, 0.05) is 11.1 Å². The molecule has 2 rings (SSSR count). The van der Waals surface area contributed by atoms with Gasteiger partial charge < -0.3 is 9.26 Å². The lowest BCUT2D eigenvalue weighted by Crippen LogP contribution is -2.08. The Morgan fingerprint density at radius 1 is 1.29 bits per heavy atom. The van der Waals surface area contributed by atoms with E-state index in [1.807, 2.05) is 13.8 Å². The first-order valence-electron chi connectivity index (χ1n) is 7.07. The number of alkyl halides is 3. The van der Waals surface area contributed by atoms with E-state index in [-0.39, 0.29) is 17.7 Å². The molecule has 0 bridgehead atoms. The van der Waals surface area contributed by atoms with Crippen LogP contribution >= 0.6 is 0 Å². The molecule has 0 N–H and O–H groups in total. The number of hydrogen-bond donors (Lipinski definition) is 0. The molecule has 1 aliphatic rings. The molecule has 0 unspecified atom stereocenters. The van der Waals surface area contributed by atoms with Gasteiger partial charge in [-0.05, 0) is 25.3 Å². The van der Waals surface area contributed by atoms with Crippen LogP contribution in [-0.2, 0) is 17.3 Å². The fourth-order valence-electron chi connectivity index (χ4n) is 2.29. The summed E-state index contributed by atoms with van der Waals surface area (Å²) in [4.78, 5) is 0. The van der Waals surface area contributed by atoms with E-state index in [4.69, 9.17) is 9.26 Å². The van der Waals surface area contributed by atoms with Crippen molar-refractivity contribution in [1.29, 1.82) is 0 Å². The van der Waals surface area contributed by atoms with Crippen molar-refractivity contribution < 1.29 is 22.4 Å². The molecule has 3 nitrogen and oxygen atoms in total. The molecule has 0 amide bonds. The molecule has 0 saturated heterocycles. The summed E-state index contributed by atoms with van der Waals surface area (Å²) in [5.74, 6) is 0.794. The van der Waals surface area contributed by atoms with Crippen LogP contribution in [0.15, 0.2) is 22.4 Å². The largest absolute Gasteiger partial charge is 0.493 e. The zero-order valence-electron chi connectivity index (χ0n) is 12.1. The maximum Gasteiger partial charge on any atom is 0.437 e. The lowest BCUT2D eigenvalue weighted by molar-refractivity contribution is -0.143. The van der Waals surface area contributed by atoms with Crippen LogP contribution in [0.3, 0.4) is 0 Å². The molecular weight excluding hydrogens is 283 g/mol. The zero-order valence-corrected chi connectivity index (χ0v) is 12.1. The van der Waals surface area contributed by atoms with Crippen molar-refractivity contribution in [2.45, 2.75) is 45.7 Å². The highest BCUT2D eigenvalue weighted by atomic mass is 19.4. The average molecular weight is 301 g/mol. The first-order valence-corrected chi connectivity index (χ1v) is 7.07. The van der Waals surface area contributed by atoms with Gasteiger partial charge in [0.05, 0.1) is 6.61 Å². The van der Waals surface area contributed by atoms with Crippen LogP contribution in [0.5, 0.6) is 0 Å². The first kappa shape index (κ1) is 15.7. The van der Waals surface area contributed by atoms with Gasteiger partial charge in [-0.3, -0.25) is 0 Å². The Labute approximate surface area is 121 Å². The fraction of sp³-hybridized carbons (Fsp3) is 0.533. The van der Waals surface area contributed by atoms with Crippen LogP contribution < -0.4 is 0 Å². The molecule has 0 radical (unpaired) electrons. The third-order valence-corrected chi connectivity index (χ3v) is 3.18. The SMILES string of the molecule is CCCOC1=C(CCC)c2onc(C(F)(F)F)c2CC=C1. The minimum Gasteiger partial charge on any atom is -0.493 e. The predicted molar refractivity (Wildman–Crippen MR) is 72.4 cm³/mol. The van der Waals surface area contributed by atoms with E-state index in [0.717, 1.165) is 12.8 Å². The molecule has 21 heavy (non-hydrogen) atoms. The number of ether oxygens (including phenoxy) is 1. The van der Waals surface area contributed by atoms with E-state index in [2.05, 4.69) is 5.16 Å². The van der Waals surface area contributed by atoms with Crippen molar-refractivity contribution in [2.75, 3.05) is 6.61 Å². The fourth-order valence-corrected chi connectivity index (χ4v) is 2.29. The highest BCUT2D eigenvalue weighted by Gasteiger charge is 2.40. The van der Waals surface area contributed by atoms with E-state index >= 15 is 0 Å². The van der Waals surface area contributed by atoms with Gasteiger partial charge in [0.15, 0.2) is 11.5 Å². The molecular formula is C15H18F3NO2. The Morgan fingerprint density at radius 3 is 2.67 bits per heavy atom. The molecule has 1 aromatic heterocycles. The van der Waals surface area contributed by atoms with E-state index in [9.17, 15) is 13.2 Å². The second-order valence-corrected chi connectivity index (χ2v) is 4.88. The van der Waals surface area contributed by atoms with Crippen LogP contribution in [0.25, 0.3) is 5.57 Å². The van der Waals surface area contributed by atoms with Gasteiger partial charge in [0.25, 0.3) is 0 Å². The maximum atomic E-state index is 13.0. The molecule has 0 atom stereocenters. The summed E-state index contributed by atoms with van der Waals surface area (Å²) in [6.07, 6.45) is 1.23. The summed E-state index contributed by atoms with van der Waals surface area (Å²) in [6.45, 7) is 4.45. The van der Waals surface area contributed by atoms with Crippen molar-refractivity contribution in [3.63, 3.8) is 0 Å². The highest BCUT2D eigenvalue weighted by Crippen LogP contribution is 2.38. The lowest BCUT2D eigenvalue weighted by atomic mass is 10.0. The number of rotatable bonds is 5. The Morgan fingerprint density at radius 2 is 2.05 bits per heavy atom. The van der Waals surface area contributed by atoms with Crippen LogP contribution in [0.4, 0.5) is 13.2 Å². The minimum atomic E-state index is -4.50. The summed E-state index contributed by atoms with van der Waals surface area (Å²) in [5, 5.41) is 3.23. The molecule has 1 heterocycles. The zero-order chi connectivity index (χ0) is 15.5. The van der Waals surface area contributed by atoms with Gasteiger partial charge in [-0.15, -0.1) is 0 Å². The number of hydrogen-bond acceptors (Lipinski definition) is 3. The van der Waals surface area contributed by atoms with Gasteiger partial charge in [0.1, 0.15) is 5.76 Å². The average Bonchev–Trinajstić information content (AvgIpc) is 2.77. The van der Waals surface area contributed by atoms with Crippen molar-refractivity contribution in [1.82, 2.24) is 5.16 Å². The Bertz CT molecular complexity index is 556. The quantitative estimate of drug-likeness (QED) is 0.787. The van der Waals surface area contributed by atoms with E-state index in [0.29, 0.717) is 24.4 Å². The number of halogens is 3. The van der Waals surface area contributed by atoms with Gasteiger partial charge in [-0.25, -0.2) is 0 Å². The van der Waals surface area contributed by atoms with E-state index < -0.39 is 11.9 Å². The Hall–Kier alpha value is -1.72. The smallest absolute Gasteiger partial charge is 0.437 e. The Kier molecular flexibility index (Phi) is 4.75. The lowest BCUT2D eigenvalue weighted by Gasteiger charge is -2.11. The van der Waals surface area contributed by atoms with Gasteiger partial charge in [-0.2, -0.15) is 13.2 Å². The first-order chi connectivity index (χ1) is 9.99. The second-order valence-electron chi connectivity index (χ2n) is 4.88. The second kappa shape index (κ2) is 6.37. The third-order valence-electron chi connectivity index (χ3n) is 3.18. The van der Waals surface area contributed by atoms with Gasteiger partial charge in [-0.1, -0.05) is 31.5 Å². The summed E-state index contributed by atoms with van der Waals surface area (Å²) in [5.41, 5.74) is -0.178. The summed E-state index contributed by atoms with van der Waals surface area (Å²) < 4.78 is 49.6. The third kappa shape index (κ3) is 3.31. The molecule has 0 aliphatic heterocycles. The molecule has 0 spiro atoms. The topological polar surface area (TPSA) is 35.3 Å². The summed E-state index contributed by atoms with van der Waals surface area (Å²) >= 11 is 0. The van der Waals surface area contributed by atoms with Crippen molar-refractivity contribution in [3.05, 3.63) is 34.9 Å². The monoisotopic (exact) mass is 301 g/mol. The molecule has 1 aliphatic carbocycles. The van der Waals surface area contributed by atoms with Gasteiger partial charge in [0.2, 0.25) is 0 Å². The van der Waals surface area contributed by atoms with E-state index in [1.54, 1.807) is 12.2 Å². The van der Waals surface area contributed by atoms with Crippen LogP contribution in [0.1, 0.15) is 50.1 Å². The normalized spacial score (nSPS) is 15.1. The predicted octanol–water partition coefficient (Wildman–Crippen LogP) is 4.74. The van der Waals surface area contributed by atoms with Crippen LogP contribution in [0, 0.1) is 0 Å². The van der Waals surface area contributed by atoms with Crippen LogP contribution in [0.2, 0.25) is 0 Å². The van der Waals surface area contributed by atoms with Crippen molar-refractivity contribution in [2.24, 2.45) is 0 Å².